The molecule has 0 saturated carbocycles. The highest BCUT2D eigenvalue weighted by Gasteiger charge is 2.20. The maximum absolute atomic E-state index is 11.1. The van der Waals surface area contributed by atoms with Crippen LogP contribution in [0.3, 0.4) is 0 Å². The van der Waals surface area contributed by atoms with Gasteiger partial charge in [0.1, 0.15) is 13.2 Å². The summed E-state index contributed by atoms with van der Waals surface area (Å²) in [5, 5.41) is 2.42. The molecule has 0 aromatic rings. The molecule has 0 aliphatic carbocycles. The lowest BCUT2D eigenvalue weighted by atomic mass is 10.4. The maximum Gasteiger partial charge on any atom is 0.407 e. The summed E-state index contributed by atoms with van der Waals surface area (Å²) in [6.45, 7) is 5.31. The van der Waals surface area contributed by atoms with Crippen molar-refractivity contribution in [3.8, 4) is 0 Å². The first kappa shape index (κ1) is 16.9. The van der Waals surface area contributed by atoms with Crippen LogP contribution in [0.5, 0.6) is 0 Å². The van der Waals surface area contributed by atoms with Gasteiger partial charge in [-0.1, -0.05) is 54.4 Å². The van der Waals surface area contributed by atoms with E-state index in [-0.39, 0.29) is 19.8 Å². The summed E-state index contributed by atoms with van der Waals surface area (Å²) in [6, 6.07) is 0. The van der Waals surface area contributed by atoms with Gasteiger partial charge < -0.3 is 14.8 Å². The van der Waals surface area contributed by atoms with Crippen molar-refractivity contribution in [2.45, 2.75) is 9.07 Å². The number of hydrogen-bond donors (Lipinski definition) is 1. The van der Waals surface area contributed by atoms with Gasteiger partial charge in [-0.15, -0.1) is 0 Å². The van der Waals surface area contributed by atoms with Gasteiger partial charge >= 0.3 is 12.1 Å². The number of alkyl halides is 3. The van der Waals surface area contributed by atoms with Crippen molar-refractivity contribution in [3.63, 3.8) is 0 Å². The highest BCUT2D eigenvalue weighted by Crippen LogP contribution is 2.33. The number of carbonyl (C=O) groups excluding carboxylic acids is 2. The Labute approximate surface area is 125 Å². The third-order valence-corrected chi connectivity index (χ3v) is 2.01. The zero-order valence-electron chi connectivity index (χ0n) is 9.10. The molecule has 17 heavy (non-hydrogen) atoms. The predicted molar refractivity (Wildman–Crippen MR) is 74.6 cm³/mol. The zero-order valence-corrected chi connectivity index (χ0v) is 13.9. The Morgan fingerprint density at radius 2 is 1.88 bits per heavy atom. The van der Waals surface area contributed by atoms with E-state index < -0.39 is 14.2 Å². The van der Waals surface area contributed by atoms with Crippen LogP contribution in [0.15, 0.2) is 12.2 Å². The summed E-state index contributed by atoms with van der Waals surface area (Å²) in [7, 11) is 0. The molecule has 98 valence electrons. The Hall–Kier alpha value is -0.0800. The van der Waals surface area contributed by atoms with E-state index in [0.29, 0.717) is 5.57 Å². The van der Waals surface area contributed by atoms with Crippen molar-refractivity contribution in [1.29, 1.82) is 0 Å². The van der Waals surface area contributed by atoms with Crippen LogP contribution in [0.1, 0.15) is 6.92 Å². The third kappa shape index (κ3) is 10.8. The molecule has 0 heterocycles. The van der Waals surface area contributed by atoms with Crippen LogP contribution in [-0.2, 0) is 14.3 Å². The quantitative estimate of drug-likeness (QED) is 0.311. The third-order valence-electron chi connectivity index (χ3n) is 1.32. The molecule has 0 spiro atoms. The molecular formula is C9H12Br3NO4. The fourth-order valence-corrected chi connectivity index (χ4v) is 0.962. The van der Waals surface area contributed by atoms with Crippen LogP contribution in [0.25, 0.3) is 0 Å². The van der Waals surface area contributed by atoms with E-state index in [1.54, 1.807) is 6.92 Å². The lowest BCUT2D eigenvalue weighted by molar-refractivity contribution is -0.138. The standard InChI is InChI=1S/C9H12Br3NO4/c1-6(2)7(14)16-4-3-13-8(15)17-5-9(10,11)12/h1,3-5H2,2H3,(H,13,15). The minimum absolute atomic E-state index is 0.0723. The highest BCUT2D eigenvalue weighted by molar-refractivity contribution is 9.39. The molecular weight excluding hydrogens is 426 g/mol. The minimum Gasteiger partial charge on any atom is -0.460 e. The molecule has 0 unspecified atom stereocenters. The summed E-state index contributed by atoms with van der Waals surface area (Å²) in [5.74, 6) is -0.486. The van der Waals surface area contributed by atoms with Crippen molar-refractivity contribution in [2.24, 2.45) is 0 Å². The highest BCUT2D eigenvalue weighted by atomic mass is 80.0. The molecule has 0 bridgehead atoms. The van der Waals surface area contributed by atoms with Crippen LogP contribution in [-0.4, -0.2) is 34.0 Å². The van der Waals surface area contributed by atoms with E-state index >= 15 is 0 Å². The van der Waals surface area contributed by atoms with Gasteiger partial charge in [0.05, 0.1) is 6.54 Å². The zero-order chi connectivity index (χ0) is 13.5. The second-order valence-electron chi connectivity index (χ2n) is 3.03. The van der Waals surface area contributed by atoms with Crippen molar-refractivity contribution in [1.82, 2.24) is 5.32 Å². The molecule has 0 aromatic heterocycles. The molecule has 0 aromatic carbocycles. The van der Waals surface area contributed by atoms with Crippen LogP contribution >= 0.6 is 47.8 Å². The lowest BCUT2D eigenvalue weighted by Gasteiger charge is -2.12. The number of hydrogen-bond acceptors (Lipinski definition) is 4. The monoisotopic (exact) mass is 435 g/mol. The molecule has 0 rings (SSSR count). The summed E-state index contributed by atoms with van der Waals surface area (Å²) in [6.07, 6.45) is -0.598. The van der Waals surface area contributed by atoms with Gasteiger partial charge in [-0.05, 0) is 6.92 Å². The normalized spacial score (nSPS) is 10.6. The van der Waals surface area contributed by atoms with Gasteiger partial charge in [0.15, 0.2) is 2.14 Å². The van der Waals surface area contributed by atoms with Gasteiger partial charge in [-0.25, -0.2) is 9.59 Å². The van der Waals surface area contributed by atoms with Crippen LogP contribution in [0, 0.1) is 0 Å². The average molecular weight is 438 g/mol. The number of carbonyl (C=O) groups is 2. The summed E-state index contributed by atoms with van der Waals surface area (Å²) >= 11 is 9.52. The van der Waals surface area contributed by atoms with Crippen molar-refractivity contribution in [3.05, 3.63) is 12.2 Å². The Morgan fingerprint density at radius 1 is 1.29 bits per heavy atom. The van der Waals surface area contributed by atoms with E-state index in [1.807, 2.05) is 0 Å². The van der Waals surface area contributed by atoms with Crippen LogP contribution in [0.2, 0.25) is 0 Å². The van der Waals surface area contributed by atoms with Gasteiger partial charge in [0, 0.05) is 5.57 Å². The molecule has 5 nitrogen and oxygen atoms in total. The fraction of sp³-hybridized carbons (Fsp3) is 0.556. The van der Waals surface area contributed by atoms with Crippen LogP contribution < -0.4 is 5.32 Å². The Morgan fingerprint density at radius 3 is 2.35 bits per heavy atom. The minimum atomic E-state index is -0.628. The number of halogens is 3. The predicted octanol–water partition coefficient (Wildman–Crippen LogP) is 2.67. The molecule has 0 saturated heterocycles. The molecule has 1 N–H and O–H groups in total. The van der Waals surface area contributed by atoms with Crippen molar-refractivity contribution < 1.29 is 19.1 Å². The summed E-state index contributed by atoms with van der Waals surface area (Å²) < 4.78 is 8.95. The number of amides is 1. The molecule has 0 radical (unpaired) electrons. The number of esters is 1. The second-order valence-corrected chi connectivity index (χ2v) is 10.3. The lowest BCUT2D eigenvalue weighted by Crippen LogP contribution is -2.30. The van der Waals surface area contributed by atoms with Crippen molar-refractivity contribution in [2.75, 3.05) is 19.8 Å². The van der Waals surface area contributed by atoms with E-state index in [2.05, 4.69) is 59.7 Å². The SMILES string of the molecule is C=C(C)C(=O)OCCNC(=O)OCC(Br)(Br)Br. The first-order valence-corrected chi connectivity index (χ1v) is 6.90. The van der Waals surface area contributed by atoms with E-state index in [0.717, 1.165) is 0 Å². The topological polar surface area (TPSA) is 64.6 Å². The molecule has 0 aliphatic heterocycles. The summed E-state index contributed by atoms with van der Waals surface area (Å²) in [5.41, 5.74) is 0.315. The molecule has 8 heteroatoms. The largest absolute Gasteiger partial charge is 0.460 e. The fourth-order valence-electron chi connectivity index (χ4n) is 0.618. The van der Waals surface area contributed by atoms with Gasteiger partial charge in [-0.2, -0.15) is 0 Å². The number of alkyl carbamates (subject to hydrolysis) is 1. The number of nitrogens with one attached hydrogen (secondary N) is 1. The first-order chi connectivity index (χ1) is 7.72. The summed E-state index contributed by atoms with van der Waals surface area (Å²) in [4.78, 5) is 22.1. The Balaban J connectivity index is 3.59. The van der Waals surface area contributed by atoms with E-state index in [1.165, 1.54) is 0 Å². The average Bonchev–Trinajstić information content (AvgIpc) is 2.20. The van der Waals surface area contributed by atoms with E-state index in [9.17, 15) is 9.59 Å². The molecule has 0 fully saturated rings. The molecule has 1 amide bonds. The maximum atomic E-state index is 11.1. The second kappa shape index (κ2) is 8.10. The van der Waals surface area contributed by atoms with Gasteiger partial charge in [-0.3, -0.25) is 0 Å². The van der Waals surface area contributed by atoms with Crippen molar-refractivity contribution >= 4 is 59.9 Å². The number of rotatable bonds is 5. The van der Waals surface area contributed by atoms with Gasteiger partial charge in [0.25, 0.3) is 0 Å². The van der Waals surface area contributed by atoms with E-state index in [4.69, 9.17) is 9.47 Å². The molecule has 0 aliphatic rings. The van der Waals surface area contributed by atoms with Crippen LogP contribution in [0.4, 0.5) is 4.79 Å². The first-order valence-electron chi connectivity index (χ1n) is 4.52. The smallest absolute Gasteiger partial charge is 0.407 e. The van der Waals surface area contributed by atoms with Gasteiger partial charge in [0.2, 0.25) is 0 Å². The Kier molecular flexibility index (Phi) is 8.06. The molecule has 0 atom stereocenters. The number of ether oxygens (including phenoxy) is 2. The Bertz CT molecular complexity index is 301.